The molecule has 0 spiro atoms. The van der Waals surface area contributed by atoms with Gasteiger partial charge in [0.2, 0.25) is 0 Å². The molecule has 0 amide bonds. The molecule has 3 rings (SSSR count). The van der Waals surface area contributed by atoms with E-state index in [0.29, 0.717) is 0 Å². The molecule has 0 atom stereocenters. The van der Waals surface area contributed by atoms with Crippen LogP contribution in [-0.4, -0.2) is 4.98 Å². The van der Waals surface area contributed by atoms with Crippen LogP contribution in [-0.2, 0) is 13.1 Å². The van der Waals surface area contributed by atoms with Crippen LogP contribution in [0.4, 0.5) is 5.69 Å². The number of hydrogen-bond acceptors (Lipinski definition) is 2. The zero-order valence-corrected chi connectivity index (χ0v) is 11.8. The van der Waals surface area contributed by atoms with Gasteiger partial charge in [-0.25, -0.2) is 0 Å². The number of hydrogen-bond donors (Lipinski definition) is 0. The fourth-order valence-electron chi connectivity index (χ4n) is 2.35. The van der Waals surface area contributed by atoms with Crippen LogP contribution in [0.3, 0.4) is 0 Å². The molecule has 1 radical (unpaired) electrons. The molecule has 1 aromatic heterocycles. The molecule has 103 valence electrons. The van der Waals surface area contributed by atoms with Crippen molar-refractivity contribution in [3.8, 4) is 0 Å². The third kappa shape index (κ3) is 3.69. The third-order valence-corrected chi connectivity index (χ3v) is 3.40. The average molecular weight is 273 g/mol. The molecule has 21 heavy (non-hydrogen) atoms. The Bertz CT molecular complexity index is 609. The predicted octanol–water partition coefficient (Wildman–Crippen LogP) is 4.09. The van der Waals surface area contributed by atoms with Crippen molar-refractivity contribution in [2.45, 2.75) is 13.1 Å². The van der Waals surface area contributed by atoms with Gasteiger partial charge in [-0.2, -0.15) is 0 Å². The minimum absolute atomic E-state index is 0.869. The standard InChI is InChI=1S/C19H17N2/c1-3-7-17(8-4-1)15-21(19-11-13-20-14-12-19)16-18-9-5-2-6-10-18/h1-13H,15-16H2. The molecule has 0 saturated carbocycles. The molecule has 0 aliphatic rings. The molecule has 0 aliphatic carbocycles. The van der Waals surface area contributed by atoms with E-state index < -0.39 is 0 Å². The second-order valence-corrected chi connectivity index (χ2v) is 4.97. The Hall–Kier alpha value is -2.61. The van der Waals surface area contributed by atoms with E-state index >= 15 is 0 Å². The Labute approximate surface area is 125 Å². The van der Waals surface area contributed by atoms with Gasteiger partial charge in [0.05, 0.1) is 6.20 Å². The average Bonchev–Trinajstić information content (AvgIpc) is 2.57. The minimum atomic E-state index is 0.869. The Kier molecular flexibility index (Phi) is 4.27. The van der Waals surface area contributed by atoms with E-state index in [2.05, 4.69) is 64.6 Å². The molecule has 2 aromatic carbocycles. The van der Waals surface area contributed by atoms with Gasteiger partial charge in [0.1, 0.15) is 0 Å². The summed E-state index contributed by atoms with van der Waals surface area (Å²) in [6.45, 7) is 1.74. The lowest BCUT2D eigenvalue weighted by atomic mass is 10.1. The molecule has 1 heterocycles. The van der Waals surface area contributed by atoms with Crippen LogP contribution in [0.1, 0.15) is 11.1 Å². The zero-order chi connectivity index (χ0) is 14.3. The lowest BCUT2D eigenvalue weighted by molar-refractivity contribution is 0.798. The monoisotopic (exact) mass is 273 g/mol. The summed E-state index contributed by atoms with van der Waals surface area (Å²) in [6, 6.07) is 25.0. The smallest absolute Gasteiger partial charge is 0.0907 e. The molecule has 2 heteroatoms. The maximum Gasteiger partial charge on any atom is 0.0907 e. The van der Waals surface area contributed by atoms with Crippen LogP contribution < -0.4 is 4.90 Å². The van der Waals surface area contributed by atoms with E-state index in [9.17, 15) is 0 Å². The van der Waals surface area contributed by atoms with Crippen LogP contribution in [0.2, 0.25) is 0 Å². The molecule has 0 N–H and O–H groups in total. The van der Waals surface area contributed by atoms with Crippen molar-refractivity contribution in [2.75, 3.05) is 4.90 Å². The normalized spacial score (nSPS) is 10.3. The second kappa shape index (κ2) is 6.71. The topological polar surface area (TPSA) is 16.1 Å². The lowest BCUT2D eigenvalue weighted by Gasteiger charge is -2.25. The van der Waals surface area contributed by atoms with Crippen molar-refractivity contribution in [1.82, 2.24) is 4.98 Å². The summed E-state index contributed by atoms with van der Waals surface area (Å²) in [6.07, 6.45) is 4.71. The van der Waals surface area contributed by atoms with Gasteiger partial charge in [-0.15, -0.1) is 0 Å². The van der Waals surface area contributed by atoms with Crippen LogP contribution in [0.15, 0.2) is 79.0 Å². The highest BCUT2D eigenvalue weighted by molar-refractivity contribution is 5.46. The number of pyridine rings is 1. The Morgan fingerprint density at radius 3 is 1.81 bits per heavy atom. The Morgan fingerprint density at radius 1 is 0.762 bits per heavy atom. The third-order valence-electron chi connectivity index (χ3n) is 3.40. The number of anilines is 1. The summed E-state index contributed by atoms with van der Waals surface area (Å²) in [5, 5.41) is 0. The van der Waals surface area contributed by atoms with Crippen molar-refractivity contribution < 1.29 is 0 Å². The summed E-state index contributed by atoms with van der Waals surface area (Å²) in [5.41, 5.74) is 3.73. The van der Waals surface area contributed by atoms with Crippen LogP contribution in [0.5, 0.6) is 0 Å². The first-order valence-corrected chi connectivity index (χ1v) is 7.07. The fourth-order valence-corrected chi connectivity index (χ4v) is 2.35. The maximum absolute atomic E-state index is 3.99. The SMILES string of the molecule is [c]1cc(N(Cc2ccccc2)Cc2ccccc2)ccn1. The molecule has 0 aliphatic heterocycles. The molecule has 0 unspecified atom stereocenters. The number of nitrogens with zero attached hydrogens (tertiary/aromatic N) is 2. The highest BCUT2D eigenvalue weighted by atomic mass is 15.1. The van der Waals surface area contributed by atoms with Crippen molar-refractivity contribution in [1.29, 1.82) is 0 Å². The van der Waals surface area contributed by atoms with Gasteiger partial charge in [0.25, 0.3) is 0 Å². The van der Waals surface area contributed by atoms with Crippen molar-refractivity contribution in [3.05, 3.63) is 96.3 Å². The van der Waals surface area contributed by atoms with E-state index in [0.717, 1.165) is 18.8 Å². The lowest BCUT2D eigenvalue weighted by Crippen LogP contribution is -2.22. The van der Waals surface area contributed by atoms with E-state index in [4.69, 9.17) is 0 Å². The first-order valence-electron chi connectivity index (χ1n) is 7.07. The molecule has 3 aromatic rings. The van der Waals surface area contributed by atoms with Crippen molar-refractivity contribution in [2.24, 2.45) is 0 Å². The van der Waals surface area contributed by atoms with Gasteiger partial charge in [-0.1, -0.05) is 60.7 Å². The van der Waals surface area contributed by atoms with Gasteiger partial charge in [-0.05, 0) is 23.3 Å². The van der Waals surface area contributed by atoms with Crippen LogP contribution >= 0.6 is 0 Å². The van der Waals surface area contributed by atoms with Gasteiger partial charge < -0.3 is 4.90 Å². The Balaban J connectivity index is 1.84. The number of benzene rings is 2. The summed E-state index contributed by atoms with van der Waals surface area (Å²) < 4.78 is 0. The summed E-state index contributed by atoms with van der Waals surface area (Å²) in [7, 11) is 0. The van der Waals surface area contributed by atoms with Gasteiger partial charge in [0, 0.05) is 25.0 Å². The number of rotatable bonds is 5. The highest BCUT2D eigenvalue weighted by Gasteiger charge is 2.08. The highest BCUT2D eigenvalue weighted by Crippen LogP contribution is 2.19. The molecule has 2 nitrogen and oxygen atoms in total. The Morgan fingerprint density at radius 2 is 1.33 bits per heavy atom. The van der Waals surface area contributed by atoms with Crippen LogP contribution in [0, 0.1) is 6.20 Å². The molecular formula is C19H17N2. The fraction of sp³-hybridized carbons (Fsp3) is 0.105. The largest absolute Gasteiger partial charge is 0.363 e. The van der Waals surface area contributed by atoms with Gasteiger partial charge in [-0.3, -0.25) is 4.98 Å². The van der Waals surface area contributed by atoms with E-state index in [-0.39, 0.29) is 0 Å². The molecule has 0 fully saturated rings. The zero-order valence-electron chi connectivity index (χ0n) is 11.8. The molecule has 0 saturated heterocycles. The quantitative estimate of drug-likeness (QED) is 0.696. The first kappa shape index (κ1) is 13.4. The predicted molar refractivity (Wildman–Crippen MR) is 85.8 cm³/mol. The van der Waals surface area contributed by atoms with Crippen molar-refractivity contribution >= 4 is 5.69 Å². The van der Waals surface area contributed by atoms with E-state index in [1.54, 1.807) is 6.20 Å². The second-order valence-electron chi connectivity index (χ2n) is 4.97. The number of aromatic nitrogens is 1. The summed E-state index contributed by atoms with van der Waals surface area (Å²) in [5.74, 6) is 0. The summed E-state index contributed by atoms with van der Waals surface area (Å²) in [4.78, 5) is 6.33. The van der Waals surface area contributed by atoms with Crippen LogP contribution in [0.25, 0.3) is 0 Å². The van der Waals surface area contributed by atoms with E-state index in [1.165, 1.54) is 11.1 Å². The van der Waals surface area contributed by atoms with Gasteiger partial charge in [0.15, 0.2) is 0 Å². The van der Waals surface area contributed by atoms with Crippen molar-refractivity contribution in [3.63, 3.8) is 0 Å². The minimum Gasteiger partial charge on any atom is -0.363 e. The molecular weight excluding hydrogens is 256 g/mol. The summed E-state index contributed by atoms with van der Waals surface area (Å²) >= 11 is 0. The first-order chi connectivity index (χ1) is 10.4. The maximum atomic E-state index is 3.99. The van der Waals surface area contributed by atoms with Gasteiger partial charge >= 0.3 is 0 Å². The van der Waals surface area contributed by atoms with E-state index in [1.807, 2.05) is 24.3 Å². The molecule has 0 bridgehead atoms.